The number of thiazole rings is 1. The van der Waals surface area contributed by atoms with Crippen LogP contribution in [-0.4, -0.2) is 38.0 Å². The molecule has 2 rings (SSSR count). The average Bonchev–Trinajstić information content (AvgIpc) is 2.89. The second kappa shape index (κ2) is 6.61. The van der Waals surface area contributed by atoms with Crippen LogP contribution in [0.3, 0.4) is 0 Å². The number of hydrogen-bond donors (Lipinski definition) is 2. The van der Waals surface area contributed by atoms with Crippen LogP contribution in [0.5, 0.6) is 0 Å². The molecule has 22 heavy (non-hydrogen) atoms. The summed E-state index contributed by atoms with van der Waals surface area (Å²) in [7, 11) is 0. The first-order valence-corrected chi connectivity index (χ1v) is 7.50. The van der Waals surface area contributed by atoms with Gasteiger partial charge in [-0.05, 0) is 26.8 Å². The molecule has 0 aliphatic rings. The summed E-state index contributed by atoms with van der Waals surface area (Å²) in [5.41, 5.74) is 0.570. The maximum absolute atomic E-state index is 12.3. The first kappa shape index (κ1) is 16.0. The van der Waals surface area contributed by atoms with E-state index >= 15 is 0 Å². The number of nitrogens with zero attached hydrogens (tertiary/aromatic N) is 3. The number of aryl methyl sites for hydroxylation is 1. The van der Waals surface area contributed by atoms with Crippen molar-refractivity contribution in [2.24, 2.45) is 5.92 Å². The largest absolute Gasteiger partial charge is 0.481 e. The van der Waals surface area contributed by atoms with E-state index < -0.39 is 17.9 Å². The van der Waals surface area contributed by atoms with Crippen LogP contribution >= 0.6 is 11.3 Å². The van der Waals surface area contributed by atoms with Gasteiger partial charge in [-0.15, -0.1) is 11.3 Å². The van der Waals surface area contributed by atoms with Crippen LogP contribution in [0, 0.1) is 12.8 Å². The average molecular weight is 320 g/mol. The minimum Gasteiger partial charge on any atom is -0.481 e. The molecule has 116 valence electrons. The van der Waals surface area contributed by atoms with Gasteiger partial charge in [0, 0.05) is 18.4 Å². The maximum atomic E-state index is 12.3. The molecule has 8 heteroatoms. The summed E-state index contributed by atoms with van der Waals surface area (Å²) in [6.07, 6.45) is 3.21. The maximum Gasteiger partial charge on any atom is 0.308 e. The highest BCUT2D eigenvalue weighted by Gasteiger charge is 2.24. The molecule has 0 saturated carbocycles. The number of hydrogen-bond acceptors (Lipinski definition) is 6. The molecule has 2 N–H and O–H groups in total. The number of aromatic nitrogens is 3. The van der Waals surface area contributed by atoms with Crippen LogP contribution in [0.15, 0.2) is 18.5 Å². The van der Waals surface area contributed by atoms with Gasteiger partial charge in [0.05, 0.1) is 11.6 Å². The predicted octanol–water partition coefficient (Wildman–Crippen LogP) is 1.75. The van der Waals surface area contributed by atoms with Crippen molar-refractivity contribution in [2.75, 3.05) is 0 Å². The Balaban J connectivity index is 2.18. The highest BCUT2D eigenvalue weighted by Crippen LogP contribution is 2.25. The van der Waals surface area contributed by atoms with E-state index in [1.54, 1.807) is 39.2 Å². The zero-order chi connectivity index (χ0) is 16.3. The molecule has 2 aromatic heterocycles. The lowest BCUT2D eigenvalue weighted by Crippen LogP contribution is -2.39. The second-order valence-corrected chi connectivity index (χ2v) is 5.89. The molecule has 2 unspecified atom stereocenters. The van der Waals surface area contributed by atoms with E-state index in [1.165, 1.54) is 11.3 Å². The highest BCUT2D eigenvalue weighted by molar-refractivity contribution is 7.17. The summed E-state index contributed by atoms with van der Waals surface area (Å²) in [5, 5.41) is 12.2. The van der Waals surface area contributed by atoms with Crippen LogP contribution < -0.4 is 5.32 Å². The number of rotatable bonds is 5. The smallest absolute Gasteiger partial charge is 0.308 e. The van der Waals surface area contributed by atoms with Gasteiger partial charge in [-0.3, -0.25) is 9.59 Å². The lowest BCUT2D eigenvalue weighted by atomic mass is 10.0. The van der Waals surface area contributed by atoms with Crippen molar-refractivity contribution in [1.82, 2.24) is 20.3 Å². The van der Waals surface area contributed by atoms with E-state index in [-0.39, 0.29) is 5.91 Å². The summed E-state index contributed by atoms with van der Waals surface area (Å²) < 4.78 is 0. The van der Waals surface area contributed by atoms with Crippen molar-refractivity contribution in [3.05, 3.63) is 29.0 Å². The Labute approximate surface area is 131 Å². The molecule has 1 amide bonds. The van der Waals surface area contributed by atoms with Crippen molar-refractivity contribution in [2.45, 2.75) is 26.8 Å². The van der Waals surface area contributed by atoms with Gasteiger partial charge in [-0.25, -0.2) is 15.0 Å². The van der Waals surface area contributed by atoms with Gasteiger partial charge in [0.15, 0.2) is 10.8 Å². The standard InChI is InChI=1S/C14H16N4O3S/c1-7(14(20)21)8(2)17-12(19)10-9(3)18-13(22-10)11-15-5-4-6-16-11/h4-8H,1-3H3,(H,17,19)(H,20,21). The van der Waals surface area contributed by atoms with E-state index in [2.05, 4.69) is 20.3 Å². The molecule has 0 fully saturated rings. The molecular weight excluding hydrogens is 304 g/mol. The van der Waals surface area contributed by atoms with Crippen molar-refractivity contribution in [3.63, 3.8) is 0 Å². The van der Waals surface area contributed by atoms with Gasteiger partial charge in [-0.2, -0.15) is 0 Å². The minimum absolute atomic E-state index is 0.335. The lowest BCUT2D eigenvalue weighted by molar-refractivity contribution is -0.141. The van der Waals surface area contributed by atoms with Gasteiger partial charge in [0.1, 0.15) is 4.88 Å². The number of nitrogens with one attached hydrogen (secondary N) is 1. The molecule has 0 aliphatic carbocycles. The number of carbonyl (C=O) groups excluding carboxylic acids is 1. The third kappa shape index (κ3) is 3.45. The molecule has 0 aliphatic heterocycles. The van der Waals surface area contributed by atoms with Crippen molar-refractivity contribution in [3.8, 4) is 10.8 Å². The van der Waals surface area contributed by atoms with E-state index in [4.69, 9.17) is 5.11 Å². The molecule has 2 aromatic rings. The van der Waals surface area contributed by atoms with Gasteiger partial charge in [0.2, 0.25) is 0 Å². The summed E-state index contributed by atoms with van der Waals surface area (Å²) in [4.78, 5) is 36.2. The van der Waals surface area contributed by atoms with Gasteiger partial charge in [0.25, 0.3) is 5.91 Å². The lowest BCUT2D eigenvalue weighted by Gasteiger charge is -2.17. The fourth-order valence-electron chi connectivity index (χ4n) is 1.72. The third-order valence-electron chi connectivity index (χ3n) is 3.26. The fourth-order valence-corrected chi connectivity index (χ4v) is 2.64. The first-order valence-electron chi connectivity index (χ1n) is 6.68. The summed E-state index contributed by atoms with van der Waals surface area (Å²) >= 11 is 1.19. The molecule has 7 nitrogen and oxygen atoms in total. The van der Waals surface area contributed by atoms with Crippen LogP contribution in [0.1, 0.15) is 29.2 Å². The minimum atomic E-state index is -0.952. The highest BCUT2D eigenvalue weighted by atomic mass is 32.1. The van der Waals surface area contributed by atoms with Crippen molar-refractivity contribution < 1.29 is 14.7 Å². The molecule has 2 heterocycles. The van der Waals surface area contributed by atoms with E-state index in [0.29, 0.717) is 21.4 Å². The fraction of sp³-hybridized carbons (Fsp3) is 0.357. The summed E-state index contributed by atoms with van der Waals surface area (Å²) in [5.74, 6) is -1.50. The number of carbonyl (C=O) groups is 2. The molecular formula is C14H16N4O3S. The van der Waals surface area contributed by atoms with Crippen molar-refractivity contribution >= 4 is 23.2 Å². The Hall–Kier alpha value is -2.35. The topological polar surface area (TPSA) is 105 Å². The Morgan fingerprint density at radius 1 is 1.27 bits per heavy atom. The number of carboxylic acid groups (broad SMARTS) is 1. The van der Waals surface area contributed by atoms with Gasteiger partial charge >= 0.3 is 5.97 Å². The van der Waals surface area contributed by atoms with Crippen LogP contribution in [0.4, 0.5) is 0 Å². The Morgan fingerprint density at radius 3 is 2.50 bits per heavy atom. The van der Waals surface area contributed by atoms with Gasteiger partial charge < -0.3 is 10.4 Å². The monoisotopic (exact) mass is 320 g/mol. The van der Waals surface area contributed by atoms with E-state index in [0.717, 1.165) is 0 Å². The third-order valence-corrected chi connectivity index (χ3v) is 4.41. The first-order chi connectivity index (χ1) is 10.4. The SMILES string of the molecule is Cc1nc(-c2ncccn2)sc1C(=O)NC(C)C(C)C(=O)O. The molecule has 0 spiro atoms. The Bertz CT molecular complexity index is 687. The summed E-state index contributed by atoms with van der Waals surface area (Å²) in [6.45, 7) is 4.94. The van der Waals surface area contributed by atoms with E-state index in [1.807, 2.05) is 0 Å². The van der Waals surface area contributed by atoms with Crippen LogP contribution in [0.2, 0.25) is 0 Å². The summed E-state index contributed by atoms with van der Waals surface area (Å²) in [6, 6.07) is 1.22. The zero-order valence-corrected chi connectivity index (χ0v) is 13.2. The Kier molecular flexibility index (Phi) is 4.81. The number of aliphatic carboxylic acids is 1. The number of amides is 1. The van der Waals surface area contributed by atoms with Crippen molar-refractivity contribution in [1.29, 1.82) is 0 Å². The Morgan fingerprint density at radius 2 is 1.91 bits per heavy atom. The second-order valence-electron chi connectivity index (χ2n) is 4.90. The van der Waals surface area contributed by atoms with E-state index in [9.17, 15) is 9.59 Å². The van der Waals surface area contributed by atoms with Crippen LogP contribution in [-0.2, 0) is 4.79 Å². The molecule has 2 atom stereocenters. The number of carboxylic acids is 1. The molecule has 0 radical (unpaired) electrons. The molecule has 0 saturated heterocycles. The van der Waals surface area contributed by atoms with Gasteiger partial charge in [-0.1, -0.05) is 0 Å². The quantitative estimate of drug-likeness (QED) is 0.869. The zero-order valence-electron chi connectivity index (χ0n) is 12.4. The normalized spacial score (nSPS) is 13.4. The molecule has 0 bridgehead atoms. The van der Waals surface area contributed by atoms with Crippen LogP contribution in [0.25, 0.3) is 10.8 Å². The predicted molar refractivity (Wildman–Crippen MR) is 81.6 cm³/mol. The molecule has 0 aromatic carbocycles.